The molecule has 40 heavy (non-hydrogen) atoms. The zero-order chi connectivity index (χ0) is 29.2. The molecule has 0 aliphatic carbocycles. The van der Waals surface area contributed by atoms with Gasteiger partial charge in [-0.05, 0) is 60.1 Å². The minimum absolute atomic E-state index is 0.0516. The molecule has 0 saturated carbocycles. The fraction of sp³-hybridized carbons (Fsp3) is 0.433. The molecule has 10 heteroatoms. The molecule has 1 fully saturated rings. The molecule has 1 aromatic carbocycles. The highest BCUT2D eigenvalue weighted by atomic mass is 32.2. The highest BCUT2D eigenvalue weighted by molar-refractivity contribution is 7.92. The van der Waals surface area contributed by atoms with Gasteiger partial charge in [0.2, 0.25) is 9.84 Å². The largest absolute Gasteiger partial charge is 0.493 e. The lowest BCUT2D eigenvalue weighted by Crippen LogP contribution is -2.45. The molecule has 0 radical (unpaired) electrons. The maximum Gasteiger partial charge on any atom is 0.203 e. The highest BCUT2D eigenvalue weighted by Gasteiger charge is 2.34. The van der Waals surface area contributed by atoms with E-state index in [-0.39, 0.29) is 27.7 Å². The van der Waals surface area contributed by atoms with Gasteiger partial charge in [0, 0.05) is 24.7 Å². The van der Waals surface area contributed by atoms with Crippen molar-refractivity contribution >= 4 is 27.3 Å². The van der Waals surface area contributed by atoms with E-state index in [4.69, 9.17) is 15.5 Å². The number of halogens is 1. The summed E-state index contributed by atoms with van der Waals surface area (Å²) >= 11 is 0. The predicted molar refractivity (Wildman–Crippen MR) is 155 cm³/mol. The lowest BCUT2D eigenvalue weighted by Gasteiger charge is -2.42. The van der Waals surface area contributed by atoms with E-state index in [2.05, 4.69) is 25.8 Å². The zero-order valence-electron chi connectivity index (χ0n) is 23.6. The summed E-state index contributed by atoms with van der Waals surface area (Å²) in [6, 6.07) is 11.9. The van der Waals surface area contributed by atoms with Crippen LogP contribution in [0.3, 0.4) is 0 Å². The smallest absolute Gasteiger partial charge is 0.203 e. The Bertz CT molecular complexity index is 1510. The van der Waals surface area contributed by atoms with Crippen LogP contribution in [0.2, 0.25) is 0 Å². The van der Waals surface area contributed by atoms with E-state index in [1.807, 2.05) is 18.7 Å². The van der Waals surface area contributed by atoms with Crippen LogP contribution in [0.5, 0.6) is 5.75 Å². The molecule has 3 heterocycles. The van der Waals surface area contributed by atoms with Crippen molar-refractivity contribution in [3.8, 4) is 17.0 Å². The van der Waals surface area contributed by atoms with Gasteiger partial charge in [0.25, 0.3) is 0 Å². The number of aromatic nitrogens is 2. The molecule has 1 saturated heterocycles. The average Bonchev–Trinajstić information content (AvgIpc) is 2.85. The quantitative estimate of drug-likeness (QED) is 0.340. The SMILES string of the molecule is CC(C)COc1cc(F)cc(-c2ccc(C(=O)CS(=O)(=O)c3cccc(N)n3)c(N3CC(C)CC(C)(C)C3)n2)c1. The number of hydrogen-bond donors (Lipinski definition) is 1. The number of carbonyl (C=O) groups is 1. The van der Waals surface area contributed by atoms with E-state index < -0.39 is 27.2 Å². The number of rotatable bonds is 9. The van der Waals surface area contributed by atoms with Gasteiger partial charge >= 0.3 is 0 Å². The Morgan fingerprint density at radius 2 is 1.93 bits per heavy atom. The molecule has 1 aliphatic heterocycles. The summed E-state index contributed by atoms with van der Waals surface area (Å²) in [6.07, 6.45) is 1.00. The van der Waals surface area contributed by atoms with Crippen molar-refractivity contribution in [1.82, 2.24) is 9.97 Å². The van der Waals surface area contributed by atoms with E-state index in [1.165, 1.54) is 30.3 Å². The van der Waals surface area contributed by atoms with Gasteiger partial charge in [0.15, 0.2) is 10.8 Å². The Balaban J connectivity index is 1.76. The molecule has 8 nitrogen and oxygen atoms in total. The van der Waals surface area contributed by atoms with Crippen LogP contribution in [-0.4, -0.2) is 49.6 Å². The first kappa shape index (κ1) is 29.5. The molecule has 0 spiro atoms. The Labute approximate surface area is 235 Å². The number of pyridine rings is 2. The third-order valence-corrected chi connectivity index (χ3v) is 8.17. The Morgan fingerprint density at radius 3 is 2.60 bits per heavy atom. The lowest BCUT2D eigenvalue weighted by molar-refractivity contribution is 0.102. The van der Waals surface area contributed by atoms with E-state index >= 15 is 0 Å². The van der Waals surface area contributed by atoms with Crippen LogP contribution in [-0.2, 0) is 9.84 Å². The highest BCUT2D eigenvalue weighted by Crippen LogP contribution is 2.36. The van der Waals surface area contributed by atoms with Crippen molar-refractivity contribution in [2.75, 3.05) is 36.1 Å². The van der Waals surface area contributed by atoms with Crippen LogP contribution in [0.4, 0.5) is 16.0 Å². The van der Waals surface area contributed by atoms with Crippen molar-refractivity contribution in [3.05, 3.63) is 59.9 Å². The van der Waals surface area contributed by atoms with Gasteiger partial charge in [-0.15, -0.1) is 0 Å². The van der Waals surface area contributed by atoms with E-state index in [9.17, 15) is 17.6 Å². The number of ketones is 1. The van der Waals surface area contributed by atoms with Gasteiger partial charge in [-0.3, -0.25) is 4.79 Å². The number of sulfone groups is 1. The molecule has 3 aromatic rings. The van der Waals surface area contributed by atoms with Gasteiger partial charge < -0.3 is 15.4 Å². The van der Waals surface area contributed by atoms with Crippen molar-refractivity contribution in [2.24, 2.45) is 17.3 Å². The lowest BCUT2D eigenvalue weighted by atomic mass is 9.79. The first-order valence-electron chi connectivity index (χ1n) is 13.4. The number of nitrogens with zero attached hydrogens (tertiary/aromatic N) is 3. The van der Waals surface area contributed by atoms with Crippen molar-refractivity contribution in [2.45, 2.75) is 46.1 Å². The fourth-order valence-corrected chi connectivity index (χ4v) is 6.42. The maximum absolute atomic E-state index is 14.6. The second-order valence-electron chi connectivity index (χ2n) is 11.9. The molecule has 0 amide bonds. The van der Waals surface area contributed by atoms with Crippen LogP contribution >= 0.6 is 0 Å². The summed E-state index contributed by atoms with van der Waals surface area (Å²) < 4.78 is 46.4. The van der Waals surface area contributed by atoms with Crippen molar-refractivity contribution in [3.63, 3.8) is 0 Å². The molecule has 2 N–H and O–H groups in total. The summed E-state index contributed by atoms with van der Waals surface area (Å²) in [4.78, 5) is 24.3. The van der Waals surface area contributed by atoms with Gasteiger partial charge in [0.05, 0.1) is 17.9 Å². The third-order valence-electron chi connectivity index (χ3n) is 6.66. The van der Waals surface area contributed by atoms with Gasteiger partial charge in [0.1, 0.15) is 29.0 Å². The minimum Gasteiger partial charge on any atom is -0.493 e. The predicted octanol–water partition coefficient (Wildman–Crippen LogP) is 5.43. The second kappa shape index (κ2) is 11.5. The van der Waals surface area contributed by atoms with Crippen LogP contribution in [0.1, 0.15) is 51.4 Å². The summed E-state index contributed by atoms with van der Waals surface area (Å²) in [5, 5.41) is -0.256. The van der Waals surface area contributed by atoms with Crippen molar-refractivity contribution in [1.29, 1.82) is 0 Å². The summed E-state index contributed by atoms with van der Waals surface area (Å²) in [7, 11) is -4.05. The molecular weight excluding hydrogens is 531 g/mol. The second-order valence-corrected chi connectivity index (χ2v) is 13.8. The fourth-order valence-electron chi connectivity index (χ4n) is 5.24. The molecule has 1 unspecified atom stereocenters. The van der Waals surface area contributed by atoms with E-state index in [0.29, 0.717) is 48.4 Å². The summed E-state index contributed by atoms with van der Waals surface area (Å²) in [6.45, 7) is 12.2. The summed E-state index contributed by atoms with van der Waals surface area (Å²) in [5.41, 5.74) is 6.76. The maximum atomic E-state index is 14.6. The molecule has 2 aromatic heterocycles. The normalized spacial score (nSPS) is 17.2. The number of nitrogen functional groups attached to an aromatic ring is 1. The number of piperidine rings is 1. The first-order valence-corrected chi connectivity index (χ1v) is 15.1. The number of anilines is 2. The molecule has 214 valence electrons. The Hall–Kier alpha value is -3.53. The number of hydrogen-bond acceptors (Lipinski definition) is 8. The molecule has 0 bridgehead atoms. The molecule has 1 atom stereocenters. The monoisotopic (exact) mass is 568 g/mol. The average molecular weight is 569 g/mol. The number of carbonyl (C=O) groups excluding carboxylic acids is 1. The van der Waals surface area contributed by atoms with Crippen molar-refractivity contribution < 1.29 is 22.3 Å². The number of Topliss-reactive ketones (excluding diaryl/α,β-unsaturated/α-hetero) is 1. The molecular formula is C30H37FN4O4S. The molecule has 1 aliphatic rings. The van der Waals surface area contributed by atoms with Gasteiger partial charge in [-0.1, -0.05) is 40.7 Å². The zero-order valence-corrected chi connectivity index (χ0v) is 24.5. The first-order chi connectivity index (χ1) is 18.7. The van der Waals surface area contributed by atoms with E-state index in [1.54, 1.807) is 18.2 Å². The van der Waals surface area contributed by atoms with Gasteiger partial charge in [-0.25, -0.2) is 22.8 Å². The third kappa shape index (κ3) is 7.15. The molecule has 4 rings (SSSR count). The van der Waals surface area contributed by atoms with Crippen LogP contribution in [0.25, 0.3) is 11.3 Å². The number of ether oxygens (including phenoxy) is 1. The minimum atomic E-state index is -4.05. The van der Waals surface area contributed by atoms with Crippen LogP contribution in [0, 0.1) is 23.1 Å². The summed E-state index contributed by atoms with van der Waals surface area (Å²) in [5.74, 6) is -0.434. The Kier molecular flexibility index (Phi) is 8.49. The van der Waals surface area contributed by atoms with Crippen LogP contribution in [0.15, 0.2) is 53.6 Å². The number of benzene rings is 1. The number of nitrogens with two attached hydrogens (primary N) is 1. The van der Waals surface area contributed by atoms with Crippen LogP contribution < -0.4 is 15.4 Å². The topological polar surface area (TPSA) is 115 Å². The Morgan fingerprint density at radius 1 is 1.18 bits per heavy atom. The van der Waals surface area contributed by atoms with E-state index in [0.717, 1.165) is 6.42 Å². The van der Waals surface area contributed by atoms with Gasteiger partial charge in [-0.2, -0.15) is 0 Å². The standard InChI is InChI=1S/C30H37FN4O4S/c1-19(2)16-39-23-12-21(11-22(31)13-23)25-10-9-24(29(33-25)35-15-20(3)14-30(4,5)18-35)26(36)17-40(37,38)28-8-6-7-27(32)34-28/h6-13,19-20H,14-18H2,1-5H3,(H2,32,34).